The Morgan fingerprint density at radius 1 is 0.481 bits per heavy atom. The van der Waals surface area contributed by atoms with Crippen molar-refractivity contribution >= 4 is 130 Å². The molecule has 4 aliphatic heterocycles. The van der Waals surface area contributed by atoms with Gasteiger partial charge in [0.15, 0.2) is 28.4 Å². The number of H-pyrrole nitrogens is 1. The summed E-state index contributed by atoms with van der Waals surface area (Å²) in [6, 6.07) is 43.0. The van der Waals surface area contributed by atoms with Crippen LogP contribution in [0.5, 0.6) is 0 Å². The summed E-state index contributed by atoms with van der Waals surface area (Å²) < 4.78 is 34.6. The molecule has 0 unspecified atom stereocenters. The smallest absolute Gasteiger partial charge is 0.289 e. The number of hydrogen-bond acceptors (Lipinski definition) is 18. The lowest BCUT2D eigenvalue weighted by molar-refractivity contribution is -0.130. The number of nitrogens with one attached hydrogen (secondary N) is 1. The van der Waals surface area contributed by atoms with Gasteiger partial charge in [-0.2, -0.15) is 24.1 Å². The van der Waals surface area contributed by atoms with E-state index in [0.717, 1.165) is 182 Å². The van der Waals surface area contributed by atoms with Crippen molar-refractivity contribution in [2.24, 2.45) is 0 Å². The normalized spacial score (nSPS) is 15.5. The molecule has 0 radical (unpaired) electrons. The molecular weight excluding hydrogens is 1510 g/mol. The number of piperazine rings is 2. The molecular formula is C76H78BrCl4F2N21OS. The van der Waals surface area contributed by atoms with Crippen LogP contribution in [0.25, 0.3) is 99.7 Å². The maximum absolute atomic E-state index is 14.3. The molecule has 548 valence electrons. The number of likely N-dealkylation sites (tertiary alicyclic amines) is 1. The number of aromatic nitrogens is 15. The van der Waals surface area contributed by atoms with E-state index in [4.69, 9.17) is 56.6 Å². The Bertz CT molecular complexity index is 5190. The van der Waals surface area contributed by atoms with Gasteiger partial charge in [-0.25, -0.2) is 14.0 Å². The summed E-state index contributed by atoms with van der Waals surface area (Å²) in [5.41, 5.74) is 8.66. The number of rotatable bonds is 15. The van der Waals surface area contributed by atoms with E-state index in [1.54, 1.807) is 46.7 Å². The first kappa shape index (κ1) is 74.3. The molecule has 4 fully saturated rings. The van der Waals surface area contributed by atoms with Crippen molar-refractivity contribution in [2.45, 2.75) is 65.1 Å². The zero-order valence-corrected chi connectivity index (χ0v) is 64.5. The molecule has 4 aliphatic rings. The number of carbonyl (C=O) groups excluding carboxylic acids is 1. The zero-order chi connectivity index (χ0) is 73.6. The summed E-state index contributed by atoms with van der Waals surface area (Å²) in [6.45, 7) is 18.3. The highest BCUT2D eigenvalue weighted by Gasteiger charge is 2.36. The summed E-state index contributed by atoms with van der Waals surface area (Å²) in [5, 5.41) is 53.3. The molecule has 0 aliphatic carbocycles. The Labute approximate surface area is 644 Å². The van der Waals surface area contributed by atoms with Gasteiger partial charge in [-0.1, -0.05) is 168 Å². The summed E-state index contributed by atoms with van der Waals surface area (Å²) in [4.78, 5) is 31.6. The number of hydrogen-bond donors (Lipinski definition) is 1. The van der Waals surface area contributed by atoms with Crippen LogP contribution >= 0.6 is 73.7 Å². The fourth-order valence-electron chi connectivity index (χ4n) is 13.5. The van der Waals surface area contributed by atoms with Gasteiger partial charge >= 0.3 is 0 Å². The van der Waals surface area contributed by atoms with Gasteiger partial charge in [0.1, 0.15) is 40.7 Å². The number of aromatic amines is 1. The first-order valence-corrected chi connectivity index (χ1v) is 38.5. The van der Waals surface area contributed by atoms with Crippen LogP contribution in [-0.4, -0.2) is 211 Å². The molecule has 4 aromatic carbocycles. The lowest BCUT2D eigenvalue weighted by Crippen LogP contribution is -2.45. The highest BCUT2D eigenvalue weighted by molar-refractivity contribution is 9.10. The Morgan fingerprint density at radius 2 is 0.906 bits per heavy atom. The van der Waals surface area contributed by atoms with Gasteiger partial charge in [0.2, 0.25) is 5.91 Å². The van der Waals surface area contributed by atoms with Crippen molar-refractivity contribution in [3.05, 3.63) is 175 Å². The number of likely N-dealkylation sites (N-methyl/N-ethyl adjacent to an activating group) is 2. The van der Waals surface area contributed by atoms with Crippen molar-refractivity contribution < 1.29 is 13.6 Å². The van der Waals surface area contributed by atoms with Gasteiger partial charge in [-0.05, 0) is 74.8 Å². The van der Waals surface area contributed by atoms with Crippen molar-refractivity contribution in [3.63, 3.8) is 0 Å². The number of carbonyl (C=O) groups is 1. The predicted molar refractivity (Wildman–Crippen MR) is 422 cm³/mol. The monoisotopic (exact) mass is 1590 g/mol. The van der Waals surface area contributed by atoms with Crippen LogP contribution in [0.4, 0.5) is 14.6 Å². The molecule has 13 heterocycles. The lowest BCUT2D eigenvalue weighted by Gasteiger charge is -2.32. The minimum atomic E-state index is -3.25. The van der Waals surface area contributed by atoms with Crippen LogP contribution < -0.4 is 4.90 Å². The molecule has 0 saturated carbocycles. The summed E-state index contributed by atoms with van der Waals surface area (Å²) in [5.74, 6) is -2.48. The number of alkyl halides is 2. The SMILES string of the molecule is CC(F)(F)c1nn(CC(=O)N2CCCC2)c2nnc(-c3ccccc3)c(Cl)c12.CN1CCN(CCn2nc(N3CCCC3)c3c(Cl)c(-c4ccccc4)nnc32)CC1.Cc1ccc(-c2nn(CCN3CCN(C)CC3)c3nnc(-c4ccccc4)c(Cl)c23)s1.Clc1c(-c2ccccc2)nnc2[nH]cc(Br)c12. The van der Waals surface area contributed by atoms with Crippen LogP contribution in [-0.2, 0) is 30.4 Å². The van der Waals surface area contributed by atoms with E-state index in [-0.39, 0.29) is 28.5 Å². The number of thiophene rings is 1. The molecule has 4 saturated heterocycles. The van der Waals surface area contributed by atoms with Crippen molar-refractivity contribution in [3.8, 4) is 55.6 Å². The second-order valence-corrected chi connectivity index (χ2v) is 30.5. The predicted octanol–water partition coefficient (Wildman–Crippen LogP) is 15.3. The average molecular weight is 1590 g/mol. The number of nitrogens with zero attached hydrogens (tertiary/aromatic N) is 20. The molecule has 106 heavy (non-hydrogen) atoms. The van der Waals surface area contributed by atoms with Gasteiger partial charge < -0.3 is 24.6 Å². The van der Waals surface area contributed by atoms with E-state index >= 15 is 0 Å². The van der Waals surface area contributed by atoms with Crippen molar-refractivity contribution in [2.75, 3.05) is 111 Å². The zero-order valence-electron chi connectivity index (χ0n) is 59.0. The van der Waals surface area contributed by atoms with Crippen LogP contribution in [0.2, 0.25) is 20.1 Å². The molecule has 1 N–H and O–H groups in total. The average Bonchev–Trinajstić information content (AvgIpc) is 1.61. The van der Waals surface area contributed by atoms with E-state index in [2.05, 4.69) is 124 Å². The molecule has 17 rings (SSSR count). The Kier molecular flexibility index (Phi) is 23.4. The minimum absolute atomic E-state index is 0.0252. The van der Waals surface area contributed by atoms with Crippen molar-refractivity contribution in [1.29, 1.82) is 0 Å². The number of aryl methyl sites for hydroxylation is 1. The first-order valence-electron chi connectivity index (χ1n) is 35.4. The number of benzene rings is 4. The lowest BCUT2D eigenvalue weighted by atomic mass is 10.1. The molecule has 30 heteroatoms. The molecule has 22 nitrogen and oxygen atoms in total. The topological polar surface area (TPSA) is 209 Å². The molecule has 0 atom stereocenters. The molecule has 0 bridgehead atoms. The molecule has 0 spiro atoms. The van der Waals surface area contributed by atoms with Crippen LogP contribution in [0.15, 0.2) is 144 Å². The first-order chi connectivity index (χ1) is 51.4. The number of anilines is 1. The number of fused-ring (bicyclic) bond motifs is 4. The van der Waals surface area contributed by atoms with E-state index in [1.807, 2.05) is 106 Å². The molecule has 13 aromatic rings. The fourth-order valence-corrected chi connectivity index (χ4v) is 16.3. The highest BCUT2D eigenvalue weighted by atomic mass is 79.9. The van der Waals surface area contributed by atoms with E-state index in [0.29, 0.717) is 56.4 Å². The third-order valence-electron chi connectivity index (χ3n) is 19.4. The standard InChI is InChI=1S/C23H25ClN6S.C22H28ClN7.C19H18ClF2N5O.C12H7BrClN3/c1-16-8-9-18(31-16)22-19-20(24)21(17-6-4-3-5-7-17)25-26-23(19)30(27-22)15-14-29-12-10-28(2)11-13-29;1-27-11-13-28(14-12-27)15-16-30-21-18(22(26-30)29-9-5-6-10-29)19(23)20(24-25-21)17-7-3-2-4-8-17;1-19(21,22)17-14-15(20)16(12-7-3-2-4-8-12)23-24-18(14)27(25-17)11-13(28)26-9-5-6-10-26;13-8-6-15-12-9(8)10(14)11(16-17-12)7-4-2-1-3-5-7/h3-9H,10-15H2,1-2H3;2-4,7-8H,5-6,9-16H2,1H3;2-4,7-8H,5-6,9-11H2,1H3;1-6H,(H,15,17). The highest BCUT2D eigenvalue weighted by Crippen LogP contribution is 2.43. The van der Waals surface area contributed by atoms with E-state index in [9.17, 15) is 13.6 Å². The fraction of sp³-hybridized carbons (Fsp3) is 0.342. The van der Waals surface area contributed by atoms with Crippen LogP contribution in [0.1, 0.15) is 43.2 Å². The molecule has 9 aromatic heterocycles. The Balaban J connectivity index is 0.000000121. The largest absolute Gasteiger partial charge is 0.355 e. The third kappa shape index (κ3) is 16.5. The van der Waals surface area contributed by atoms with Gasteiger partial charge in [-0.15, -0.1) is 52.1 Å². The Hall–Kier alpha value is -8.54. The molecule has 1 amide bonds. The van der Waals surface area contributed by atoms with E-state index in [1.165, 1.54) is 22.4 Å². The third-order valence-corrected chi connectivity index (χ3v) is 22.5. The maximum Gasteiger partial charge on any atom is 0.289 e. The summed E-state index contributed by atoms with van der Waals surface area (Å²) >= 11 is 31.9. The second-order valence-electron chi connectivity index (χ2n) is 26.9. The Morgan fingerprint density at radius 3 is 1.38 bits per heavy atom. The van der Waals surface area contributed by atoms with Crippen molar-refractivity contribution in [1.82, 2.24) is 99.6 Å². The van der Waals surface area contributed by atoms with E-state index < -0.39 is 11.6 Å². The quantitative estimate of drug-likeness (QED) is 0.101. The second kappa shape index (κ2) is 33.3. The summed E-state index contributed by atoms with van der Waals surface area (Å²) in [7, 11) is 4.36. The van der Waals surface area contributed by atoms with Gasteiger partial charge in [0, 0.05) is 136 Å². The minimum Gasteiger partial charge on any atom is -0.355 e. The van der Waals surface area contributed by atoms with Gasteiger partial charge in [0.25, 0.3) is 5.92 Å². The summed E-state index contributed by atoms with van der Waals surface area (Å²) in [6.07, 6.45) is 6.07. The van der Waals surface area contributed by atoms with Crippen LogP contribution in [0, 0.1) is 6.92 Å². The van der Waals surface area contributed by atoms with Crippen LogP contribution in [0.3, 0.4) is 0 Å². The number of amides is 1. The maximum atomic E-state index is 14.3. The van der Waals surface area contributed by atoms with Gasteiger partial charge in [-0.3, -0.25) is 14.6 Å². The number of halogens is 7. The van der Waals surface area contributed by atoms with Gasteiger partial charge in [0.05, 0.1) is 59.6 Å².